The van der Waals surface area contributed by atoms with E-state index in [1.807, 2.05) is 0 Å². The number of anilines is 2. The van der Waals surface area contributed by atoms with Crippen LogP contribution < -0.4 is 5.32 Å². The minimum Gasteiger partial charge on any atom is -0.330 e. The Bertz CT molecular complexity index is 1210. The molecular formula is C18H16FN5O4S3. The lowest BCUT2D eigenvalue weighted by Gasteiger charge is -2.15. The molecule has 13 heteroatoms. The number of rotatable bonds is 7. The molecule has 2 aromatic carbocycles. The van der Waals surface area contributed by atoms with Crippen molar-refractivity contribution in [3.8, 4) is 0 Å². The van der Waals surface area contributed by atoms with Gasteiger partial charge in [-0.1, -0.05) is 11.3 Å². The number of hydrogen-bond acceptors (Lipinski definition) is 9. The van der Waals surface area contributed by atoms with Gasteiger partial charge in [0.15, 0.2) is 4.34 Å². The molecule has 4 rings (SSSR count). The normalized spacial score (nSPS) is 14.6. The summed E-state index contributed by atoms with van der Waals surface area (Å²) in [5.74, 6) is -0.360. The first-order valence-corrected chi connectivity index (χ1v) is 12.2. The monoisotopic (exact) mass is 481 g/mol. The van der Waals surface area contributed by atoms with Crippen molar-refractivity contribution in [2.75, 3.05) is 18.4 Å². The lowest BCUT2D eigenvalue weighted by atomic mass is 10.3. The van der Waals surface area contributed by atoms with Crippen molar-refractivity contribution in [3.63, 3.8) is 0 Å². The number of nitrogens with one attached hydrogen (secondary N) is 1. The Morgan fingerprint density at radius 2 is 1.84 bits per heavy atom. The highest BCUT2D eigenvalue weighted by Crippen LogP contribution is 2.39. The average Bonchev–Trinajstić information content (AvgIpc) is 3.42. The van der Waals surface area contributed by atoms with E-state index in [1.54, 1.807) is 12.1 Å². The van der Waals surface area contributed by atoms with Crippen LogP contribution in [0.4, 0.5) is 20.9 Å². The second kappa shape index (κ2) is 8.86. The zero-order valence-electron chi connectivity index (χ0n) is 15.9. The van der Waals surface area contributed by atoms with Gasteiger partial charge in [-0.2, -0.15) is 4.31 Å². The number of hydrogen-bond donors (Lipinski definition) is 1. The van der Waals surface area contributed by atoms with E-state index in [-0.39, 0.29) is 21.3 Å². The van der Waals surface area contributed by atoms with E-state index in [4.69, 9.17) is 0 Å². The van der Waals surface area contributed by atoms with Gasteiger partial charge in [0.2, 0.25) is 15.2 Å². The molecule has 2 heterocycles. The average molecular weight is 482 g/mol. The Labute approximate surface area is 185 Å². The van der Waals surface area contributed by atoms with Crippen molar-refractivity contribution in [1.29, 1.82) is 0 Å². The fourth-order valence-corrected chi connectivity index (χ4v) is 6.37. The molecule has 9 nitrogen and oxygen atoms in total. The van der Waals surface area contributed by atoms with Crippen LogP contribution in [0.3, 0.4) is 0 Å². The molecule has 1 N–H and O–H groups in total. The molecule has 0 atom stereocenters. The first-order chi connectivity index (χ1) is 14.8. The minimum absolute atomic E-state index is 0.0959. The van der Waals surface area contributed by atoms with E-state index in [1.165, 1.54) is 28.6 Å². The van der Waals surface area contributed by atoms with Crippen LogP contribution in [0.5, 0.6) is 0 Å². The Kier molecular flexibility index (Phi) is 6.18. The number of sulfonamides is 1. The number of aromatic nitrogens is 2. The van der Waals surface area contributed by atoms with Crippen LogP contribution in [-0.4, -0.2) is 40.9 Å². The molecule has 0 bridgehead atoms. The molecule has 1 aromatic heterocycles. The fraction of sp³-hybridized carbons (Fsp3) is 0.222. The highest BCUT2D eigenvalue weighted by atomic mass is 32.2. The van der Waals surface area contributed by atoms with E-state index in [0.717, 1.165) is 42.0 Å². The van der Waals surface area contributed by atoms with Gasteiger partial charge >= 0.3 is 0 Å². The molecule has 0 unspecified atom stereocenters. The molecule has 162 valence electrons. The lowest BCUT2D eigenvalue weighted by Crippen LogP contribution is -2.27. The van der Waals surface area contributed by atoms with Crippen molar-refractivity contribution in [1.82, 2.24) is 14.5 Å². The third-order valence-corrected chi connectivity index (χ3v) is 8.38. The zero-order chi connectivity index (χ0) is 22.0. The number of benzene rings is 2. The van der Waals surface area contributed by atoms with Crippen LogP contribution in [0.2, 0.25) is 0 Å². The summed E-state index contributed by atoms with van der Waals surface area (Å²) >= 11 is 2.19. The molecule has 0 saturated carbocycles. The molecule has 0 radical (unpaired) electrons. The number of nitro benzene ring substituents is 1. The van der Waals surface area contributed by atoms with Crippen molar-refractivity contribution >= 4 is 49.6 Å². The molecule has 0 aliphatic carbocycles. The summed E-state index contributed by atoms with van der Waals surface area (Å²) in [6.07, 6.45) is 1.56. The van der Waals surface area contributed by atoms with Gasteiger partial charge in [-0.05, 0) is 61.0 Å². The number of nitrogens with zero attached hydrogens (tertiary/aromatic N) is 4. The molecule has 3 aromatic rings. The van der Waals surface area contributed by atoms with E-state index in [2.05, 4.69) is 15.5 Å². The van der Waals surface area contributed by atoms with Gasteiger partial charge < -0.3 is 5.32 Å². The standard InChI is InChI=1S/C18H16FN5O4S3/c19-12-3-5-13(6-4-12)20-17-21-22-18(30-17)29-16-8-7-14(11-15(16)24(25)26)31(27,28)23-9-1-2-10-23/h3-8,11H,1-2,9-10H2,(H,20,21). The summed E-state index contributed by atoms with van der Waals surface area (Å²) in [4.78, 5) is 11.2. The van der Waals surface area contributed by atoms with Crippen LogP contribution >= 0.6 is 23.1 Å². The lowest BCUT2D eigenvalue weighted by molar-refractivity contribution is -0.388. The maximum atomic E-state index is 13.0. The van der Waals surface area contributed by atoms with Crippen LogP contribution in [0, 0.1) is 15.9 Å². The topological polar surface area (TPSA) is 118 Å². The molecule has 0 spiro atoms. The van der Waals surface area contributed by atoms with Crippen molar-refractivity contribution < 1.29 is 17.7 Å². The first kappa shape index (κ1) is 21.6. The molecule has 31 heavy (non-hydrogen) atoms. The highest BCUT2D eigenvalue weighted by molar-refractivity contribution is 8.01. The van der Waals surface area contributed by atoms with E-state index >= 15 is 0 Å². The summed E-state index contributed by atoms with van der Waals surface area (Å²) < 4.78 is 40.2. The molecule has 1 aliphatic rings. The predicted octanol–water partition coefficient (Wildman–Crippen LogP) is 4.26. The molecule has 0 amide bonds. The van der Waals surface area contributed by atoms with Gasteiger partial charge in [-0.25, -0.2) is 12.8 Å². The predicted molar refractivity (Wildman–Crippen MR) is 115 cm³/mol. The van der Waals surface area contributed by atoms with E-state index < -0.39 is 14.9 Å². The van der Waals surface area contributed by atoms with Crippen LogP contribution in [0.15, 0.2) is 56.6 Å². The first-order valence-electron chi connectivity index (χ1n) is 9.15. The van der Waals surface area contributed by atoms with E-state index in [0.29, 0.717) is 28.2 Å². The van der Waals surface area contributed by atoms with Crippen LogP contribution in [0.25, 0.3) is 0 Å². The Morgan fingerprint density at radius 3 is 2.52 bits per heavy atom. The van der Waals surface area contributed by atoms with Crippen molar-refractivity contribution in [2.45, 2.75) is 27.0 Å². The SMILES string of the molecule is O=[N+]([O-])c1cc(S(=O)(=O)N2CCCC2)ccc1Sc1nnc(Nc2ccc(F)cc2)s1. The smallest absolute Gasteiger partial charge is 0.284 e. The zero-order valence-corrected chi connectivity index (χ0v) is 18.3. The summed E-state index contributed by atoms with van der Waals surface area (Å²) in [5, 5.41) is 23.0. The van der Waals surface area contributed by atoms with Gasteiger partial charge in [0.25, 0.3) is 5.69 Å². The Morgan fingerprint density at radius 1 is 1.13 bits per heavy atom. The minimum atomic E-state index is -3.76. The summed E-state index contributed by atoms with van der Waals surface area (Å²) in [7, 11) is -3.76. The van der Waals surface area contributed by atoms with E-state index in [9.17, 15) is 22.9 Å². The third kappa shape index (κ3) is 4.84. The second-order valence-corrected chi connectivity index (χ2v) is 10.8. The fourth-order valence-electron chi connectivity index (χ4n) is 3.02. The quantitative estimate of drug-likeness (QED) is 0.393. The van der Waals surface area contributed by atoms with Gasteiger partial charge in [0.1, 0.15) is 5.82 Å². The van der Waals surface area contributed by atoms with Crippen LogP contribution in [0.1, 0.15) is 12.8 Å². The maximum Gasteiger partial charge on any atom is 0.284 e. The van der Waals surface area contributed by atoms with Gasteiger partial charge in [0, 0.05) is 24.8 Å². The van der Waals surface area contributed by atoms with Gasteiger partial charge in [0.05, 0.1) is 14.7 Å². The summed E-state index contributed by atoms with van der Waals surface area (Å²) in [6, 6.07) is 9.60. The molecule has 1 aliphatic heterocycles. The molecule has 1 saturated heterocycles. The largest absolute Gasteiger partial charge is 0.330 e. The molecular weight excluding hydrogens is 465 g/mol. The maximum absolute atomic E-state index is 13.0. The summed E-state index contributed by atoms with van der Waals surface area (Å²) in [6.45, 7) is 0.836. The molecule has 1 fully saturated rings. The Balaban J connectivity index is 1.55. The second-order valence-electron chi connectivity index (χ2n) is 6.60. The third-order valence-electron chi connectivity index (χ3n) is 4.53. The number of nitro groups is 1. The van der Waals surface area contributed by atoms with Gasteiger partial charge in [-0.3, -0.25) is 10.1 Å². The highest BCUT2D eigenvalue weighted by Gasteiger charge is 2.29. The van der Waals surface area contributed by atoms with Crippen molar-refractivity contribution in [2.24, 2.45) is 0 Å². The number of halogens is 1. The van der Waals surface area contributed by atoms with Gasteiger partial charge in [-0.15, -0.1) is 10.2 Å². The summed E-state index contributed by atoms with van der Waals surface area (Å²) in [5.41, 5.74) is 0.310. The van der Waals surface area contributed by atoms with Crippen LogP contribution in [-0.2, 0) is 10.0 Å². The van der Waals surface area contributed by atoms with Crippen molar-refractivity contribution in [3.05, 3.63) is 58.4 Å². The Hall–Kier alpha value is -2.61.